The largest absolute Gasteiger partial charge is 0.535 e. The van der Waals surface area contributed by atoms with Gasteiger partial charge in [0, 0.05) is 12.0 Å². The number of rotatable bonds is 4. The van der Waals surface area contributed by atoms with Crippen molar-refractivity contribution in [3.8, 4) is 0 Å². The molecular formula is C28H46N2O4. The molecule has 1 heterocycles. The monoisotopic (exact) mass is 474 g/mol. The number of carbonyl (C=O) groups is 1. The van der Waals surface area contributed by atoms with E-state index in [2.05, 4.69) is 24.3 Å². The first-order valence-corrected chi connectivity index (χ1v) is 14.1. The second-order valence-electron chi connectivity index (χ2n) is 12.8. The number of carbonyl (C=O) groups excluding carboxylic acids is 1. The van der Waals surface area contributed by atoms with Gasteiger partial charge in [-0.3, -0.25) is 4.84 Å². The van der Waals surface area contributed by atoms with Crippen LogP contribution in [0.4, 0.5) is 4.79 Å². The fourth-order valence-electron chi connectivity index (χ4n) is 9.36. The SMILES string of the molecule is C/C(=N\OC(=O)OCC1CCCCN1)[C@H]1CC[C@H]2[C@@H]3CC[C@@H]4C[C@H](O)CC[C@]4(C)[C@H]3CC[C@]12C. The summed E-state index contributed by atoms with van der Waals surface area (Å²) in [6, 6.07) is 0.237. The van der Waals surface area contributed by atoms with Crippen LogP contribution in [-0.4, -0.2) is 42.3 Å². The van der Waals surface area contributed by atoms with Gasteiger partial charge in [0.05, 0.1) is 11.8 Å². The van der Waals surface area contributed by atoms with E-state index in [1.165, 1.54) is 51.4 Å². The molecule has 1 saturated heterocycles. The molecule has 0 amide bonds. The molecule has 0 bridgehead atoms. The van der Waals surface area contributed by atoms with Crippen LogP contribution in [0.15, 0.2) is 5.16 Å². The summed E-state index contributed by atoms with van der Waals surface area (Å²) in [7, 11) is 0. The highest BCUT2D eigenvalue weighted by Gasteiger charge is 2.60. The first-order valence-electron chi connectivity index (χ1n) is 14.1. The molecule has 4 saturated carbocycles. The van der Waals surface area contributed by atoms with E-state index >= 15 is 0 Å². The van der Waals surface area contributed by atoms with Crippen LogP contribution < -0.4 is 5.32 Å². The topological polar surface area (TPSA) is 80.2 Å². The van der Waals surface area contributed by atoms with Crippen LogP contribution in [0, 0.1) is 40.4 Å². The van der Waals surface area contributed by atoms with Crippen molar-refractivity contribution in [3.63, 3.8) is 0 Å². The van der Waals surface area contributed by atoms with E-state index in [9.17, 15) is 9.90 Å². The van der Waals surface area contributed by atoms with Crippen LogP contribution in [0.3, 0.4) is 0 Å². The van der Waals surface area contributed by atoms with E-state index in [0.717, 1.165) is 55.7 Å². The predicted octanol–water partition coefficient (Wildman–Crippen LogP) is 5.68. The average Bonchev–Trinajstić information content (AvgIpc) is 3.19. The molecule has 1 unspecified atom stereocenters. The van der Waals surface area contributed by atoms with Crippen LogP contribution in [0.5, 0.6) is 0 Å². The Labute approximate surface area is 205 Å². The Balaban J connectivity index is 1.20. The van der Waals surface area contributed by atoms with Gasteiger partial charge in [0.25, 0.3) is 0 Å². The Kier molecular flexibility index (Phi) is 7.02. The van der Waals surface area contributed by atoms with Crippen molar-refractivity contribution in [3.05, 3.63) is 0 Å². The Morgan fingerprint density at radius 2 is 1.79 bits per heavy atom. The second kappa shape index (κ2) is 9.72. The summed E-state index contributed by atoms with van der Waals surface area (Å²) in [5, 5.41) is 17.9. The van der Waals surface area contributed by atoms with Crippen LogP contribution in [0.1, 0.15) is 97.8 Å². The first-order chi connectivity index (χ1) is 16.3. The summed E-state index contributed by atoms with van der Waals surface area (Å²) in [5.74, 6) is 3.40. The molecule has 34 heavy (non-hydrogen) atoms. The van der Waals surface area contributed by atoms with Gasteiger partial charge in [-0.1, -0.05) is 25.4 Å². The predicted molar refractivity (Wildman–Crippen MR) is 132 cm³/mol. The number of fused-ring (bicyclic) bond motifs is 5. The lowest BCUT2D eigenvalue weighted by molar-refractivity contribution is -0.123. The molecule has 6 nitrogen and oxygen atoms in total. The van der Waals surface area contributed by atoms with Crippen molar-refractivity contribution in [1.82, 2.24) is 5.32 Å². The lowest BCUT2D eigenvalue weighted by atomic mass is 9.44. The van der Waals surface area contributed by atoms with Crippen molar-refractivity contribution in [2.75, 3.05) is 13.2 Å². The molecule has 1 aliphatic heterocycles. The van der Waals surface area contributed by atoms with Gasteiger partial charge in [0.1, 0.15) is 6.61 Å². The molecule has 0 aromatic carbocycles. The quantitative estimate of drug-likeness (QED) is 0.237. The fourth-order valence-corrected chi connectivity index (χ4v) is 9.36. The Hall–Kier alpha value is -1.14. The molecular weight excluding hydrogens is 428 g/mol. The van der Waals surface area contributed by atoms with E-state index in [1.807, 2.05) is 6.92 Å². The van der Waals surface area contributed by atoms with Gasteiger partial charge >= 0.3 is 6.16 Å². The lowest BCUT2D eigenvalue weighted by Crippen LogP contribution is -2.54. The molecule has 2 N–H and O–H groups in total. The minimum atomic E-state index is -0.680. The van der Waals surface area contributed by atoms with Gasteiger partial charge in [-0.05, 0) is 119 Å². The van der Waals surface area contributed by atoms with Gasteiger partial charge in [0.15, 0.2) is 0 Å². The highest BCUT2D eigenvalue weighted by molar-refractivity contribution is 5.85. The molecule has 0 aromatic heterocycles. The maximum absolute atomic E-state index is 12.2. The zero-order valence-electron chi connectivity index (χ0n) is 21.6. The van der Waals surface area contributed by atoms with Crippen molar-refractivity contribution in [1.29, 1.82) is 0 Å². The van der Waals surface area contributed by atoms with E-state index in [1.54, 1.807) is 0 Å². The minimum absolute atomic E-state index is 0.0798. The maximum Gasteiger partial charge on any atom is 0.535 e. The van der Waals surface area contributed by atoms with Gasteiger partial charge in [0.2, 0.25) is 0 Å². The van der Waals surface area contributed by atoms with Crippen molar-refractivity contribution in [2.45, 2.75) is 110 Å². The zero-order chi connectivity index (χ0) is 23.9. The van der Waals surface area contributed by atoms with Gasteiger partial charge in [-0.2, -0.15) is 0 Å². The molecule has 4 aliphatic carbocycles. The molecule has 9 atom stereocenters. The summed E-state index contributed by atoms with van der Waals surface area (Å²) < 4.78 is 5.32. The van der Waals surface area contributed by atoms with Gasteiger partial charge in [-0.15, -0.1) is 0 Å². The van der Waals surface area contributed by atoms with Crippen LogP contribution in [-0.2, 0) is 9.57 Å². The number of nitrogens with one attached hydrogen (secondary N) is 1. The Morgan fingerprint density at radius 3 is 2.59 bits per heavy atom. The molecule has 0 spiro atoms. The van der Waals surface area contributed by atoms with Crippen molar-refractivity contribution < 1.29 is 19.5 Å². The summed E-state index contributed by atoms with van der Waals surface area (Å²) >= 11 is 0. The van der Waals surface area contributed by atoms with E-state index < -0.39 is 6.16 Å². The van der Waals surface area contributed by atoms with E-state index in [-0.39, 0.29) is 17.6 Å². The highest BCUT2D eigenvalue weighted by Crippen LogP contribution is 2.67. The van der Waals surface area contributed by atoms with Crippen LogP contribution >= 0.6 is 0 Å². The summed E-state index contributed by atoms with van der Waals surface area (Å²) in [4.78, 5) is 17.4. The average molecular weight is 475 g/mol. The summed E-state index contributed by atoms with van der Waals surface area (Å²) in [5.41, 5.74) is 1.60. The lowest BCUT2D eigenvalue weighted by Gasteiger charge is -2.61. The van der Waals surface area contributed by atoms with Gasteiger partial charge in [-0.25, -0.2) is 4.79 Å². The molecule has 0 aromatic rings. The van der Waals surface area contributed by atoms with Crippen molar-refractivity contribution in [2.24, 2.45) is 45.6 Å². The Bertz CT molecular complexity index is 780. The maximum atomic E-state index is 12.2. The molecule has 192 valence electrons. The van der Waals surface area contributed by atoms with Crippen LogP contribution in [0.25, 0.3) is 0 Å². The standard InChI is InChI=1S/C28H46N2O4/c1-18(30-34-26(32)33-17-20-6-4-5-15-29-20)23-9-10-24-22-8-7-19-16-21(31)11-13-27(19,2)25(22)12-14-28(23,24)3/h19-25,29,31H,4-17H2,1-3H3/b30-18+/t19-,20?,21-,22+,23-,24+,25+,27+,28-/m1/s1. The molecule has 5 fully saturated rings. The number of aliphatic hydroxyl groups is 1. The van der Waals surface area contributed by atoms with Crippen LogP contribution in [0.2, 0.25) is 0 Å². The minimum Gasteiger partial charge on any atom is -0.431 e. The second-order valence-corrected chi connectivity index (χ2v) is 12.8. The van der Waals surface area contributed by atoms with Gasteiger partial charge < -0.3 is 15.2 Å². The molecule has 0 radical (unpaired) electrons. The summed E-state index contributed by atoms with van der Waals surface area (Å²) in [6.07, 6.45) is 13.4. The third-order valence-electron chi connectivity index (χ3n) is 11.2. The third-order valence-corrected chi connectivity index (χ3v) is 11.2. The number of ether oxygens (including phenoxy) is 1. The number of aliphatic hydroxyl groups excluding tert-OH is 1. The smallest absolute Gasteiger partial charge is 0.431 e. The number of nitrogens with zero attached hydrogens (tertiary/aromatic N) is 1. The van der Waals surface area contributed by atoms with E-state index in [0.29, 0.717) is 23.9 Å². The zero-order valence-corrected chi connectivity index (χ0v) is 21.6. The summed E-state index contributed by atoms with van der Waals surface area (Å²) in [6.45, 7) is 8.42. The fraction of sp³-hybridized carbons (Fsp3) is 0.929. The number of piperidine rings is 1. The normalized spacial score (nSPS) is 46.7. The molecule has 5 aliphatic rings. The number of hydrogen-bond acceptors (Lipinski definition) is 6. The van der Waals surface area contributed by atoms with E-state index in [4.69, 9.17) is 9.57 Å². The molecule has 6 heteroatoms. The number of hydrogen-bond donors (Lipinski definition) is 2. The third kappa shape index (κ3) is 4.42. The molecule has 5 rings (SSSR count). The van der Waals surface area contributed by atoms with Crippen molar-refractivity contribution >= 4 is 11.9 Å². The highest BCUT2D eigenvalue weighted by atomic mass is 16.8. The number of oxime groups is 1. The first kappa shape index (κ1) is 24.5. The Morgan fingerprint density at radius 1 is 1.00 bits per heavy atom.